The number of quaternary nitrogens is 1. The van der Waals surface area contributed by atoms with Gasteiger partial charge < -0.3 is 16.0 Å². The van der Waals surface area contributed by atoms with E-state index in [2.05, 4.69) is 28.3 Å². The molecule has 0 amide bonds. The Morgan fingerprint density at radius 2 is 2.15 bits per heavy atom. The molecule has 3 aromatic rings. The maximum Gasteiger partial charge on any atom is 0.131 e. The third kappa shape index (κ3) is 3.23. The number of aryl methyl sites for hydroxylation is 1. The second kappa shape index (κ2) is 7.16. The van der Waals surface area contributed by atoms with E-state index in [9.17, 15) is 4.39 Å². The number of nitrogen functional groups attached to an aromatic ring is 1. The zero-order chi connectivity index (χ0) is 19.0. The Morgan fingerprint density at radius 1 is 1.30 bits per heavy atom. The minimum Gasteiger partial charge on any atom is -0.384 e. The van der Waals surface area contributed by atoms with E-state index in [1.807, 2.05) is 25.1 Å². The largest absolute Gasteiger partial charge is 0.384 e. The Balaban J connectivity index is 1.95. The van der Waals surface area contributed by atoms with E-state index in [0.29, 0.717) is 17.4 Å². The summed E-state index contributed by atoms with van der Waals surface area (Å²) < 4.78 is 14.7. The fourth-order valence-corrected chi connectivity index (χ4v) is 4.30. The molecule has 1 atom stereocenters. The van der Waals surface area contributed by atoms with E-state index in [1.165, 1.54) is 18.9 Å². The van der Waals surface area contributed by atoms with Crippen LogP contribution in [0.1, 0.15) is 18.4 Å². The Hall–Kier alpha value is -2.66. The van der Waals surface area contributed by atoms with Crippen LogP contribution in [-0.2, 0) is 0 Å². The van der Waals surface area contributed by atoms with Gasteiger partial charge in [-0.2, -0.15) is 0 Å². The predicted octanol–water partition coefficient (Wildman–Crippen LogP) is 3.09. The Labute approximate surface area is 159 Å². The van der Waals surface area contributed by atoms with Gasteiger partial charge in [0.05, 0.1) is 19.6 Å². The summed E-state index contributed by atoms with van der Waals surface area (Å²) in [4.78, 5) is 6.73. The normalized spacial score (nSPS) is 17.0. The highest BCUT2D eigenvalue weighted by Gasteiger charge is 2.27. The molecule has 0 aliphatic carbocycles. The van der Waals surface area contributed by atoms with Crippen molar-refractivity contribution < 1.29 is 9.71 Å². The van der Waals surface area contributed by atoms with Gasteiger partial charge in [0.1, 0.15) is 11.6 Å². The van der Waals surface area contributed by atoms with Crippen LogP contribution in [0.25, 0.3) is 21.9 Å². The van der Waals surface area contributed by atoms with Crippen molar-refractivity contribution >= 4 is 22.3 Å². The number of nitrogens with two attached hydrogens (primary N) is 2. The van der Waals surface area contributed by atoms with E-state index in [4.69, 9.17) is 5.73 Å². The Kier molecular flexibility index (Phi) is 4.70. The number of likely N-dealkylation sites (N-methyl/N-ethyl adjacent to an activating group) is 1. The zero-order valence-corrected chi connectivity index (χ0v) is 15.9. The average Bonchev–Trinajstić information content (AvgIpc) is 3.09. The molecule has 4 rings (SSSR count). The number of benzene rings is 2. The number of pyridine rings is 1. The second-order valence-corrected chi connectivity index (χ2v) is 7.39. The highest BCUT2D eigenvalue weighted by molar-refractivity contribution is 5.99. The van der Waals surface area contributed by atoms with Crippen LogP contribution >= 0.6 is 0 Å². The lowest BCUT2D eigenvalue weighted by atomic mass is 9.96. The molecule has 1 fully saturated rings. The van der Waals surface area contributed by atoms with Gasteiger partial charge in [-0.05, 0) is 55.2 Å². The SMILES string of the molecule is C[NH2+]C[C@@H]1CCCN1c1cc(-c2c(C)cccc2F)cc2cnc(N)cc12. The number of rotatable bonds is 4. The van der Waals surface area contributed by atoms with Crippen LogP contribution in [0.15, 0.2) is 42.6 Å². The van der Waals surface area contributed by atoms with Crippen molar-refractivity contribution in [2.24, 2.45) is 0 Å². The second-order valence-electron chi connectivity index (χ2n) is 7.39. The molecule has 1 saturated heterocycles. The van der Waals surface area contributed by atoms with Crippen LogP contribution in [0.4, 0.5) is 15.9 Å². The Bertz CT molecular complexity index is 965. The number of hydrogen-bond acceptors (Lipinski definition) is 3. The summed E-state index contributed by atoms with van der Waals surface area (Å²) in [6.07, 6.45) is 4.14. The van der Waals surface area contributed by atoms with Crippen molar-refractivity contribution in [2.75, 3.05) is 30.8 Å². The number of fused-ring (bicyclic) bond motifs is 1. The molecule has 0 saturated carbocycles. The fourth-order valence-electron chi connectivity index (χ4n) is 4.30. The van der Waals surface area contributed by atoms with Gasteiger partial charge in [-0.1, -0.05) is 12.1 Å². The maximum absolute atomic E-state index is 14.7. The van der Waals surface area contributed by atoms with Crippen LogP contribution in [0, 0.1) is 12.7 Å². The van der Waals surface area contributed by atoms with Crippen molar-refractivity contribution in [3.63, 3.8) is 0 Å². The van der Waals surface area contributed by atoms with E-state index >= 15 is 0 Å². The monoisotopic (exact) mass is 365 g/mol. The topological polar surface area (TPSA) is 58.8 Å². The molecule has 1 aromatic heterocycles. The average molecular weight is 365 g/mol. The summed E-state index contributed by atoms with van der Waals surface area (Å²) >= 11 is 0. The highest BCUT2D eigenvalue weighted by atomic mass is 19.1. The first-order valence-corrected chi connectivity index (χ1v) is 9.57. The number of nitrogens with zero attached hydrogens (tertiary/aromatic N) is 2. The van der Waals surface area contributed by atoms with Gasteiger partial charge in [0.2, 0.25) is 0 Å². The number of anilines is 2. The molecular formula is C22H26FN4+. The van der Waals surface area contributed by atoms with Gasteiger partial charge in [-0.25, -0.2) is 9.37 Å². The van der Waals surface area contributed by atoms with E-state index in [1.54, 1.807) is 12.3 Å². The van der Waals surface area contributed by atoms with Gasteiger partial charge in [-0.3, -0.25) is 0 Å². The Morgan fingerprint density at radius 3 is 2.93 bits per heavy atom. The van der Waals surface area contributed by atoms with Gasteiger partial charge >= 0.3 is 0 Å². The number of halogens is 1. The summed E-state index contributed by atoms with van der Waals surface area (Å²) in [7, 11) is 2.11. The number of aromatic nitrogens is 1. The summed E-state index contributed by atoms with van der Waals surface area (Å²) in [6.45, 7) is 4.01. The molecule has 2 heterocycles. The molecule has 0 bridgehead atoms. The van der Waals surface area contributed by atoms with Crippen LogP contribution in [0.5, 0.6) is 0 Å². The molecule has 0 spiro atoms. The zero-order valence-electron chi connectivity index (χ0n) is 15.9. The molecule has 0 unspecified atom stereocenters. The molecule has 4 N–H and O–H groups in total. The molecular weight excluding hydrogens is 339 g/mol. The maximum atomic E-state index is 14.7. The first-order chi connectivity index (χ1) is 13.1. The lowest BCUT2D eigenvalue weighted by Gasteiger charge is -2.27. The minimum absolute atomic E-state index is 0.191. The van der Waals surface area contributed by atoms with E-state index < -0.39 is 0 Å². The summed E-state index contributed by atoms with van der Waals surface area (Å²) in [5, 5.41) is 4.31. The fraction of sp³-hybridized carbons (Fsp3) is 0.318. The van der Waals surface area contributed by atoms with Crippen molar-refractivity contribution in [3.05, 3.63) is 54.0 Å². The van der Waals surface area contributed by atoms with Gasteiger partial charge in [0.25, 0.3) is 0 Å². The summed E-state index contributed by atoms with van der Waals surface area (Å²) in [5.41, 5.74) is 9.61. The third-order valence-corrected chi connectivity index (χ3v) is 5.54. The van der Waals surface area contributed by atoms with Gasteiger partial charge in [0.15, 0.2) is 0 Å². The molecule has 2 aromatic carbocycles. The first-order valence-electron chi connectivity index (χ1n) is 9.57. The molecule has 5 heteroatoms. The standard InChI is InChI=1S/C22H25FN4/c1-14-5-3-7-19(23)22(14)15-9-16-12-26-21(24)11-18(16)20(10-15)27-8-4-6-17(27)13-25-2/h3,5,7,9-12,17,25H,4,6,8,13H2,1-2H3,(H2,24,26)/p+1/t17-/m0/s1. The molecule has 27 heavy (non-hydrogen) atoms. The van der Waals surface area contributed by atoms with Gasteiger partial charge in [-0.15, -0.1) is 0 Å². The predicted molar refractivity (Wildman–Crippen MR) is 109 cm³/mol. The van der Waals surface area contributed by atoms with E-state index in [0.717, 1.165) is 40.7 Å². The quantitative estimate of drug-likeness (QED) is 0.747. The molecule has 0 radical (unpaired) electrons. The lowest BCUT2D eigenvalue weighted by Crippen LogP contribution is -2.83. The highest BCUT2D eigenvalue weighted by Crippen LogP contribution is 2.38. The van der Waals surface area contributed by atoms with E-state index in [-0.39, 0.29) is 5.82 Å². The molecule has 140 valence electrons. The van der Waals surface area contributed by atoms with Crippen molar-refractivity contribution in [1.82, 2.24) is 4.98 Å². The molecule has 1 aliphatic heterocycles. The minimum atomic E-state index is -0.191. The molecule has 1 aliphatic rings. The van der Waals surface area contributed by atoms with Crippen molar-refractivity contribution in [3.8, 4) is 11.1 Å². The third-order valence-electron chi connectivity index (χ3n) is 5.54. The van der Waals surface area contributed by atoms with Crippen molar-refractivity contribution in [1.29, 1.82) is 0 Å². The number of hydrogen-bond donors (Lipinski definition) is 2. The van der Waals surface area contributed by atoms with Crippen LogP contribution < -0.4 is 16.0 Å². The smallest absolute Gasteiger partial charge is 0.131 e. The van der Waals surface area contributed by atoms with Crippen molar-refractivity contribution in [2.45, 2.75) is 25.8 Å². The summed E-state index contributed by atoms with van der Waals surface area (Å²) in [5.74, 6) is 0.319. The molecule has 4 nitrogen and oxygen atoms in total. The van der Waals surface area contributed by atoms with Gasteiger partial charge in [0, 0.05) is 34.8 Å². The van der Waals surface area contributed by atoms with Crippen LogP contribution in [0.2, 0.25) is 0 Å². The first kappa shape index (κ1) is 17.7. The van der Waals surface area contributed by atoms with Crippen LogP contribution in [0.3, 0.4) is 0 Å². The lowest BCUT2D eigenvalue weighted by molar-refractivity contribution is -0.628. The van der Waals surface area contributed by atoms with Crippen LogP contribution in [-0.4, -0.2) is 31.2 Å². The summed E-state index contributed by atoms with van der Waals surface area (Å²) in [6, 6.07) is 11.8.